The van der Waals surface area contributed by atoms with Crippen LogP contribution in [0.15, 0.2) is 0 Å². The van der Waals surface area contributed by atoms with E-state index in [1.54, 1.807) is 4.74 Å². The molecule has 0 aliphatic heterocycles. The third kappa shape index (κ3) is 6.89. The maximum absolute atomic E-state index is 14.1. The zero-order chi connectivity index (χ0) is 34.8. The lowest BCUT2D eigenvalue weighted by Gasteiger charge is -2.40. The van der Waals surface area contributed by atoms with Gasteiger partial charge in [0.05, 0.1) is 0 Å². The molecule has 42 heavy (non-hydrogen) atoms. The van der Waals surface area contributed by atoms with Gasteiger partial charge in [0.1, 0.15) is 0 Å². The van der Waals surface area contributed by atoms with E-state index in [1.165, 1.54) is 4.74 Å². The lowest BCUT2D eigenvalue weighted by atomic mass is 10.1. The highest BCUT2D eigenvalue weighted by atomic mass is 19.4. The molecule has 0 saturated heterocycles. The van der Waals surface area contributed by atoms with Crippen LogP contribution in [0.4, 0.5) is 110 Å². The standard InChI is InChI=1S/C13HF25O4/c14-3(15,8(23,24)25)1(5(17,18)19)40-2(39)4(16,9(26,27)28)41-13(37,38)7(22,11(32,33)34)42-12(35,36)6(20,21)10(29,30)31/h1H. The lowest BCUT2D eigenvalue weighted by molar-refractivity contribution is -0.549. The molecule has 0 aromatic carbocycles. The normalized spacial score (nSPS) is 19.2. The highest BCUT2D eigenvalue weighted by Gasteiger charge is 2.86. The minimum Gasteiger partial charge on any atom is -0.441 e. The van der Waals surface area contributed by atoms with E-state index in [0.29, 0.717) is 0 Å². The van der Waals surface area contributed by atoms with Gasteiger partial charge in [-0.05, 0) is 0 Å². The van der Waals surface area contributed by atoms with Gasteiger partial charge in [-0.15, -0.1) is 0 Å². The predicted molar refractivity (Wildman–Crippen MR) is 69.8 cm³/mol. The van der Waals surface area contributed by atoms with Crippen LogP contribution in [0.2, 0.25) is 0 Å². The van der Waals surface area contributed by atoms with Gasteiger partial charge in [0.15, 0.2) is 0 Å². The molecule has 0 aliphatic rings. The van der Waals surface area contributed by atoms with Gasteiger partial charge in [-0.25, -0.2) is 4.79 Å². The van der Waals surface area contributed by atoms with Gasteiger partial charge in [-0.1, -0.05) is 0 Å². The third-order valence-electron chi connectivity index (χ3n) is 3.85. The quantitative estimate of drug-likeness (QED) is 0.185. The first-order chi connectivity index (χ1) is 17.7. The zero-order valence-electron chi connectivity index (χ0n) is 17.7. The summed E-state index contributed by atoms with van der Waals surface area (Å²) in [4.78, 5) is 11.1. The Kier molecular flexibility index (Phi) is 9.79. The molecule has 4 nitrogen and oxygen atoms in total. The van der Waals surface area contributed by atoms with Crippen LogP contribution in [0.1, 0.15) is 0 Å². The molecular weight excluding hydrogens is 695 g/mol. The number of ether oxygens (including phenoxy) is 3. The number of esters is 1. The summed E-state index contributed by atoms with van der Waals surface area (Å²) in [5, 5.41) is 0. The van der Waals surface area contributed by atoms with Crippen molar-refractivity contribution in [3.05, 3.63) is 0 Å². The molecule has 0 fully saturated rings. The molecule has 3 atom stereocenters. The topological polar surface area (TPSA) is 44.8 Å². The average Bonchev–Trinajstić information content (AvgIpc) is 2.66. The Bertz CT molecular complexity index is 967. The zero-order valence-corrected chi connectivity index (χ0v) is 17.7. The minimum atomic E-state index is -8.64. The van der Waals surface area contributed by atoms with Crippen LogP contribution in [-0.2, 0) is 19.0 Å². The predicted octanol–water partition coefficient (Wildman–Crippen LogP) is 7.53. The average molecular weight is 696 g/mol. The monoisotopic (exact) mass is 696 g/mol. The summed E-state index contributed by atoms with van der Waals surface area (Å²) >= 11 is 0. The van der Waals surface area contributed by atoms with Gasteiger partial charge < -0.3 is 4.74 Å². The summed E-state index contributed by atoms with van der Waals surface area (Å²) in [5.41, 5.74) is 0. The first-order valence-electron chi connectivity index (χ1n) is 8.51. The summed E-state index contributed by atoms with van der Waals surface area (Å²) in [5.74, 6) is -38.0. The maximum Gasteiger partial charge on any atom is 0.462 e. The molecule has 0 heterocycles. The van der Waals surface area contributed by atoms with E-state index < -0.39 is 78.7 Å². The summed E-state index contributed by atoms with van der Waals surface area (Å²) < 4.78 is 324. The fourth-order valence-corrected chi connectivity index (χ4v) is 1.82. The second-order valence-corrected chi connectivity index (χ2v) is 6.94. The molecule has 0 aliphatic carbocycles. The van der Waals surface area contributed by atoms with E-state index in [-0.39, 0.29) is 0 Å². The lowest BCUT2D eigenvalue weighted by Crippen LogP contribution is -2.68. The van der Waals surface area contributed by atoms with E-state index in [9.17, 15) is 115 Å². The van der Waals surface area contributed by atoms with Gasteiger partial charge >= 0.3 is 72.6 Å². The molecule has 0 aromatic rings. The first-order valence-corrected chi connectivity index (χ1v) is 8.51. The van der Waals surface area contributed by atoms with Gasteiger partial charge in [0.2, 0.25) is 0 Å². The maximum atomic E-state index is 14.1. The Labute approximate surface area is 209 Å². The Morgan fingerprint density at radius 3 is 1.10 bits per heavy atom. The molecule has 0 rings (SSSR count). The Morgan fingerprint density at radius 2 is 0.833 bits per heavy atom. The van der Waals surface area contributed by atoms with Crippen LogP contribution >= 0.6 is 0 Å². The van der Waals surface area contributed by atoms with Crippen molar-refractivity contribution < 1.29 is 129 Å². The fourth-order valence-electron chi connectivity index (χ4n) is 1.82. The number of hydrogen-bond donors (Lipinski definition) is 0. The highest BCUT2D eigenvalue weighted by molar-refractivity contribution is 5.79. The van der Waals surface area contributed by atoms with Crippen LogP contribution in [0.5, 0.6) is 0 Å². The smallest absolute Gasteiger partial charge is 0.441 e. The van der Waals surface area contributed by atoms with Crippen LogP contribution in [0, 0.1) is 0 Å². The molecule has 29 heteroatoms. The first kappa shape index (κ1) is 39.6. The Hall–Kier alpha value is -2.36. The summed E-state index contributed by atoms with van der Waals surface area (Å²) in [7, 11) is 0. The SMILES string of the molecule is O=C(OC(C(F)(F)F)C(F)(F)C(F)(F)F)C(F)(OC(F)(F)C(F)(OC(F)(F)C(F)(F)C(F)(F)F)C(F)(F)F)C(F)(F)F. The second kappa shape index (κ2) is 10.4. The number of hydrogen-bond acceptors (Lipinski definition) is 4. The van der Waals surface area contributed by atoms with E-state index >= 15 is 0 Å². The van der Waals surface area contributed by atoms with Crippen molar-refractivity contribution in [3.63, 3.8) is 0 Å². The minimum absolute atomic E-state index is 1.01. The summed E-state index contributed by atoms with van der Waals surface area (Å²) in [6, 6.07) is 0. The molecular formula is C13HF25O4. The number of carbonyl (C=O) groups is 1. The fraction of sp³-hybridized carbons (Fsp3) is 0.923. The van der Waals surface area contributed by atoms with Gasteiger partial charge in [-0.3, -0.25) is 9.47 Å². The highest BCUT2D eigenvalue weighted by Crippen LogP contribution is 2.57. The number of alkyl halides is 25. The molecule has 0 radical (unpaired) electrons. The van der Waals surface area contributed by atoms with Crippen molar-refractivity contribution in [3.8, 4) is 0 Å². The molecule has 0 bridgehead atoms. The van der Waals surface area contributed by atoms with Crippen LogP contribution in [0.25, 0.3) is 0 Å². The molecule has 0 saturated carbocycles. The van der Waals surface area contributed by atoms with Gasteiger partial charge in [-0.2, -0.15) is 110 Å². The number of rotatable bonds is 9. The summed E-state index contributed by atoms with van der Waals surface area (Å²) in [6.45, 7) is 0. The number of carbonyl (C=O) groups excluding carboxylic acids is 1. The summed E-state index contributed by atoms with van der Waals surface area (Å²) in [6.07, 6.45) is -63.0. The number of halogens is 25. The van der Waals surface area contributed by atoms with E-state index in [1.807, 2.05) is 0 Å². The largest absolute Gasteiger partial charge is 0.462 e. The third-order valence-corrected chi connectivity index (χ3v) is 3.85. The van der Waals surface area contributed by atoms with Crippen molar-refractivity contribution in [2.24, 2.45) is 0 Å². The molecule has 0 aromatic heterocycles. The van der Waals surface area contributed by atoms with E-state index in [2.05, 4.69) is 0 Å². The Balaban J connectivity index is 7.14. The van der Waals surface area contributed by atoms with Crippen LogP contribution in [0.3, 0.4) is 0 Å². The van der Waals surface area contributed by atoms with Crippen molar-refractivity contribution >= 4 is 5.97 Å². The van der Waals surface area contributed by atoms with Gasteiger partial charge in [0, 0.05) is 0 Å². The second-order valence-electron chi connectivity index (χ2n) is 6.94. The van der Waals surface area contributed by atoms with E-state index in [4.69, 9.17) is 0 Å². The van der Waals surface area contributed by atoms with E-state index in [0.717, 1.165) is 4.74 Å². The molecule has 0 N–H and O–H groups in total. The Morgan fingerprint density at radius 1 is 0.452 bits per heavy atom. The van der Waals surface area contributed by atoms with Crippen molar-refractivity contribution in [2.45, 2.75) is 72.8 Å². The molecule has 0 amide bonds. The van der Waals surface area contributed by atoms with Gasteiger partial charge in [0.25, 0.3) is 6.10 Å². The van der Waals surface area contributed by atoms with Crippen molar-refractivity contribution in [2.75, 3.05) is 0 Å². The van der Waals surface area contributed by atoms with Crippen molar-refractivity contribution in [1.82, 2.24) is 0 Å². The molecule has 0 spiro atoms. The molecule has 3 unspecified atom stereocenters. The molecule has 252 valence electrons. The van der Waals surface area contributed by atoms with Crippen LogP contribution < -0.4 is 0 Å². The van der Waals surface area contributed by atoms with Crippen LogP contribution in [-0.4, -0.2) is 78.7 Å². The van der Waals surface area contributed by atoms with Crippen molar-refractivity contribution in [1.29, 1.82) is 0 Å².